The van der Waals surface area contributed by atoms with Crippen molar-refractivity contribution < 1.29 is 19.6 Å². The third kappa shape index (κ3) is 7.15. The van der Waals surface area contributed by atoms with E-state index in [0.717, 1.165) is 24.6 Å². The molecule has 1 aromatic carbocycles. The van der Waals surface area contributed by atoms with E-state index in [1.807, 2.05) is 0 Å². The van der Waals surface area contributed by atoms with Crippen LogP contribution in [0.2, 0.25) is 0 Å². The average molecular weight is 279 g/mol. The van der Waals surface area contributed by atoms with Crippen molar-refractivity contribution in [1.82, 2.24) is 0 Å². The van der Waals surface area contributed by atoms with Gasteiger partial charge < -0.3 is 9.84 Å². The van der Waals surface area contributed by atoms with Gasteiger partial charge in [0, 0.05) is 12.5 Å². The first-order valence-electron chi connectivity index (χ1n) is 6.34. The van der Waals surface area contributed by atoms with Gasteiger partial charge in [0.1, 0.15) is 5.75 Å². The normalized spacial score (nSPS) is 10.6. The lowest BCUT2D eigenvalue weighted by Gasteiger charge is -2.05. The summed E-state index contributed by atoms with van der Waals surface area (Å²) in [5.41, 5.74) is 0.732. The summed E-state index contributed by atoms with van der Waals surface area (Å²) in [5.74, 6) is -0.0780. The van der Waals surface area contributed by atoms with Gasteiger partial charge in [0.15, 0.2) is 0 Å². The van der Waals surface area contributed by atoms with Gasteiger partial charge in [0.25, 0.3) is 0 Å². The quantitative estimate of drug-likeness (QED) is 0.426. The molecule has 0 aliphatic heterocycles. The molecule has 6 nitrogen and oxygen atoms in total. The van der Waals surface area contributed by atoms with E-state index in [2.05, 4.69) is 0 Å². The summed E-state index contributed by atoms with van der Waals surface area (Å²) >= 11 is 0. The summed E-state index contributed by atoms with van der Waals surface area (Å²) in [6.07, 6.45) is 4.76. The Morgan fingerprint density at radius 3 is 2.55 bits per heavy atom. The van der Waals surface area contributed by atoms with Crippen LogP contribution in [0.5, 0.6) is 5.75 Å². The first-order chi connectivity index (χ1) is 9.58. The van der Waals surface area contributed by atoms with Gasteiger partial charge in [-0.2, -0.15) is 0 Å². The predicted molar refractivity (Wildman–Crippen MR) is 74.1 cm³/mol. The predicted octanol–water partition coefficient (Wildman–Crippen LogP) is 2.96. The van der Waals surface area contributed by atoms with Gasteiger partial charge in [0.05, 0.1) is 11.5 Å². The molecule has 0 saturated heterocycles. The Morgan fingerprint density at radius 1 is 1.25 bits per heavy atom. The molecule has 1 aromatic rings. The molecule has 0 aliphatic carbocycles. The second kappa shape index (κ2) is 8.68. The van der Waals surface area contributed by atoms with E-state index >= 15 is 0 Å². The number of aliphatic carboxylic acids is 1. The molecule has 1 N–H and O–H groups in total. The third-order valence-corrected chi connectivity index (χ3v) is 2.57. The molecule has 0 unspecified atom stereocenters. The highest BCUT2D eigenvalue weighted by molar-refractivity contribution is 5.66. The molecular formula is C14H17NO5. The van der Waals surface area contributed by atoms with Gasteiger partial charge in [-0.05, 0) is 37.0 Å². The van der Waals surface area contributed by atoms with Crippen LogP contribution in [0.1, 0.15) is 31.2 Å². The van der Waals surface area contributed by atoms with Crippen LogP contribution >= 0.6 is 0 Å². The Bertz CT molecular complexity index is 467. The van der Waals surface area contributed by atoms with E-state index in [4.69, 9.17) is 9.84 Å². The van der Waals surface area contributed by atoms with Crippen molar-refractivity contribution in [3.8, 4) is 5.75 Å². The largest absolute Gasteiger partial charge is 0.494 e. The highest BCUT2D eigenvalue weighted by Gasteiger charge is 1.98. The van der Waals surface area contributed by atoms with Crippen LogP contribution in [0.15, 0.2) is 30.5 Å². The maximum Gasteiger partial charge on any atom is 0.303 e. The maximum absolute atomic E-state index is 10.3. The summed E-state index contributed by atoms with van der Waals surface area (Å²) in [5, 5.41) is 18.6. The molecule has 20 heavy (non-hydrogen) atoms. The number of benzene rings is 1. The fourth-order valence-corrected chi connectivity index (χ4v) is 1.57. The number of nitro groups is 1. The topological polar surface area (TPSA) is 89.7 Å². The van der Waals surface area contributed by atoms with Crippen molar-refractivity contribution in [3.05, 3.63) is 46.1 Å². The lowest BCUT2D eigenvalue weighted by molar-refractivity contribution is -0.400. The van der Waals surface area contributed by atoms with E-state index in [1.165, 1.54) is 6.08 Å². The van der Waals surface area contributed by atoms with Crippen molar-refractivity contribution in [2.45, 2.75) is 25.7 Å². The number of unbranched alkanes of at least 4 members (excludes halogenated alkanes) is 2. The van der Waals surface area contributed by atoms with Crippen molar-refractivity contribution >= 4 is 12.0 Å². The van der Waals surface area contributed by atoms with E-state index in [1.54, 1.807) is 24.3 Å². The van der Waals surface area contributed by atoms with Gasteiger partial charge in [0.2, 0.25) is 6.20 Å². The Morgan fingerprint density at radius 2 is 1.95 bits per heavy atom. The monoisotopic (exact) mass is 279 g/mol. The zero-order chi connectivity index (χ0) is 14.8. The number of carboxylic acid groups (broad SMARTS) is 1. The molecule has 0 heterocycles. The van der Waals surface area contributed by atoms with Gasteiger partial charge >= 0.3 is 5.97 Å². The molecule has 1 rings (SSSR count). The first-order valence-corrected chi connectivity index (χ1v) is 6.34. The summed E-state index contributed by atoms with van der Waals surface area (Å²) < 4.78 is 5.49. The average Bonchev–Trinajstić information content (AvgIpc) is 2.41. The van der Waals surface area contributed by atoms with Crippen LogP contribution < -0.4 is 4.74 Å². The maximum atomic E-state index is 10.3. The SMILES string of the molecule is O=C(O)CCCCCOc1ccc(/C=C/[N+](=O)[O-])cc1. The van der Waals surface area contributed by atoms with E-state index in [9.17, 15) is 14.9 Å². The number of carbonyl (C=O) groups is 1. The van der Waals surface area contributed by atoms with E-state index < -0.39 is 10.9 Å². The first kappa shape index (κ1) is 15.7. The van der Waals surface area contributed by atoms with Gasteiger partial charge in [-0.1, -0.05) is 12.1 Å². The minimum Gasteiger partial charge on any atom is -0.494 e. The van der Waals surface area contributed by atoms with Crippen LogP contribution in [0.25, 0.3) is 6.08 Å². The number of ether oxygens (including phenoxy) is 1. The van der Waals surface area contributed by atoms with Crippen molar-refractivity contribution in [2.24, 2.45) is 0 Å². The molecule has 0 aliphatic rings. The van der Waals surface area contributed by atoms with Crippen LogP contribution in [0, 0.1) is 10.1 Å². The smallest absolute Gasteiger partial charge is 0.303 e. The summed E-state index contributed by atoms with van der Waals surface area (Å²) in [6.45, 7) is 0.531. The van der Waals surface area contributed by atoms with Crippen molar-refractivity contribution in [2.75, 3.05) is 6.61 Å². The van der Waals surface area contributed by atoms with E-state index in [-0.39, 0.29) is 6.42 Å². The Labute approximate surface area is 116 Å². The molecular weight excluding hydrogens is 262 g/mol. The van der Waals surface area contributed by atoms with Crippen LogP contribution in [0.4, 0.5) is 0 Å². The molecule has 0 fully saturated rings. The van der Waals surface area contributed by atoms with Crippen molar-refractivity contribution in [3.63, 3.8) is 0 Å². The minimum atomic E-state index is -0.774. The lowest BCUT2D eigenvalue weighted by Crippen LogP contribution is -1.99. The minimum absolute atomic E-state index is 0.192. The Balaban J connectivity index is 2.24. The molecule has 108 valence electrons. The summed E-state index contributed by atoms with van der Waals surface area (Å²) in [4.78, 5) is 20.0. The highest BCUT2D eigenvalue weighted by Crippen LogP contribution is 2.14. The molecule has 0 bridgehead atoms. The van der Waals surface area contributed by atoms with Gasteiger partial charge in [-0.25, -0.2) is 0 Å². The fourth-order valence-electron chi connectivity index (χ4n) is 1.57. The molecule has 6 heteroatoms. The number of hydrogen-bond donors (Lipinski definition) is 1. The summed E-state index contributed by atoms with van der Waals surface area (Å²) in [7, 11) is 0. The fraction of sp³-hybridized carbons (Fsp3) is 0.357. The van der Waals surface area contributed by atoms with Crippen LogP contribution in [0.3, 0.4) is 0 Å². The lowest BCUT2D eigenvalue weighted by atomic mass is 10.2. The molecule has 0 radical (unpaired) electrons. The van der Waals surface area contributed by atoms with Gasteiger partial charge in [-0.3, -0.25) is 14.9 Å². The zero-order valence-electron chi connectivity index (χ0n) is 11.0. The zero-order valence-corrected chi connectivity index (χ0v) is 11.0. The van der Waals surface area contributed by atoms with Gasteiger partial charge in [-0.15, -0.1) is 0 Å². The van der Waals surface area contributed by atoms with Crippen molar-refractivity contribution in [1.29, 1.82) is 0 Å². The number of rotatable bonds is 9. The molecule has 0 atom stereocenters. The van der Waals surface area contributed by atoms with Crippen LogP contribution in [-0.2, 0) is 4.79 Å². The number of nitrogens with zero attached hydrogens (tertiary/aromatic N) is 1. The summed E-state index contributed by atoms with van der Waals surface area (Å²) in [6, 6.07) is 6.97. The molecule has 0 aromatic heterocycles. The Hall–Kier alpha value is -2.37. The third-order valence-electron chi connectivity index (χ3n) is 2.57. The Kier molecular flexibility index (Phi) is 6.81. The second-order valence-electron chi connectivity index (χ2n) is 4.22. The molecule has 0 spiro atoms. The second-order valence-corrected chi connectivity index (χ2v) is 4.22. The molecule has 0 saturated carbocycles. The highest BCUT2D eigenvalue weighted by atomic mass is 16.6. The molecule has 0 amide bonds. The standard InChI is InChI=1S/C14H17NO5/c16-14(17)4-2-1-3-11-20-13-7-5-12(6-8-13)9-10-15(18)19/h5-10H,1-4,11H2,(H,16,17)/b10-9+. The van der Waals surface area contributed by atoms with E-state index in [0.29, 0.717) is 18.8 Å². The van der Waals surface area contributed by atoms with Crippen LogP contribution in [-0.4, -0.2) is 22.6 Å². The number of carboxylic acids is 1. The number of hydrogen-bond acceptors (Lipinski definition) is 4.